The molecule has 1 spiro atoms. The summed E-state index contributed by atoms with van der Waals surface area (Å²) in [5.74, 6) is 0.335. The maximum Gasteiger partial charge on any atom is 0.243 e. The van der Waals surface area contributed by atoms with Gasteiger partial charge in [0.2, 0.25) is 5.91 Å². The molecule has 0 radical (unpaired) electrons. The van der Waals surface area contributed by atoms with Crippen LogP contribution in [0.25, 0.3) is 0 Å². The summed E-state index contributed by atoms with van der Waals surface area (Å²) in [4.78, 5) is 13.8. The second-order valence-corrected chi connectivity index (χ2v) is 5.80. The zero-order chi connectivity index (χ0) is 10.4. The zero-order valence-corrected chi connectivity index (χ0v) is 9.39. The highest BCUT2D eigenvalue weighted by atomic mass is 16.2. The summed E-state index contributed by atoms with van der Waals surface area (Å²) in [7, 11) is 0. The highest BCUT2D eigenvalue weighted by molar-refractivity contribution is 5.91. The lowest BCUT2D eigenvalue weighted by molar-refractivity contribution is -0.129. The molecular formula is C11H20N2O. The highest BCUT2D eigenvalue weighted by Crippen LogP contribution is 2.40. The number of amides is 1. The molecule has 2 aliphatic rings. The van der Waals surface area contributed by atoms with Crippen molar-refractivity contribution in [2.75, 3.05) is 13.2 Å². The fourth-order valence-electron chi connectivity index (χ4n) is 1.86. The van der Waals surface area contributed by atoms with Crippen molar-refractivity contribution in [3.8, 4) is 0 Å². The number of hydrogen-bond donors (Lipinski definition) is 1. The standard InChI is InChI=1S/C11H20N2O/c1-10(2,3)6-7-13-8-12-11(4-5-11)9(13)14/h12H,4-8H2,1-3H3. The van der Waals surface area contributed by atoms with Gasteiger partial charge in [0.05, 0.1) is 12.2 Å². The highest BCUT2D eigenvalue weighted by Gasteiger charge is 2.55. The van der Waals surface area contributed by atoms with Crippen molar-refractivity contribution in [1.82, 2.24) is 10.2 Å². The van der Waals surface area contributed by atoms with Gasteiger partial charge in [-0.25, -0.2) is 0 Å². The summed E-state index contributed by atoms with van der Waals surface area (Å²) >= 11 is 0. The fourth-order valence-corrected chi connectivity index (χ4v) is 1.86. The first kappa shape index (κ1) is 9.97. The lowest BCUT2D eigenvalue weighted by atomic mass is 9.92. The van der Waals surface area contributed by atoms with Crippen LogP contribution in [0.5, 0.6) is 0 Å². The van der Waals surface area contributed by atoms with Gasteiger partial charge in [-0.3, -0.25) is 10.1 Å². The smallest absolute Gasteiger partial charge is 0.243 e. The van der Waals surface area contributed by atoms with E-state index in [1.165, 1.54) is 0 Å². The van der Waals surface area contributed by atoms with Crippen molar-refractivity contribution in [1.29, 1.82) is 0 Å². The summed E-state index contributed by atoms with van der Waals surface area (Å²) in [6, 6.07) is 0. The first-order valence-corrected chi connectivity index (χ1v) is 5.47. The fraction of sp³-hybridized carbons (Fsp3) is 0.909. The second-order valence-electron chi connectivity index (χ2n) is 5.80. The van der Waals surface area contributed by atoms with Gasteiger partial charge in [-0.2, -0.15) is 0 Å². The zero-order valence-electron chi connectivity index (χ0n) is 9.39. The minimum absolute atomic E-state index is 0.113. The topological polar surface area (TPSA) is 32.3 Å². The maximum absolute atomic E-state index is 11.9. The van der Waals surface area contributed by atoms with Gasteiger partial charge in [-0.1, -0.05) is 20.8 Å². The second kappa shape index (κ2) is 2.96. The van der Waals surface area contributed by atoms with E-state index >= 15 is 0 Å². The molecule has 3 heteroatoms. The predicted octanol–water partition coefficient (Wildman–Crippen LogP) is 1.34. The van der Waals surface area contributed by atoms with E-state index < -0.39 is 0 Å². The van der Waals surface area contributed by atoms with Crippen LogP contribution in [0.1, 0.15) is 40.0 Å². The summed E-state index contributed by atoms with van der Waals surface area (Å²) in [5, 5.41) is 3.32. The number of nitrogens with one attached hydrogen (secondary N) is 1. The minimum Gasteiger partial charge on any atom is -0.328 e. The molecule has 2 rings (SSSR count). The molecule has 0 atom stereocenters. The Morgan fingerprint density at radius 2 is 2.07 bits per heavy atom. The number of nitrogens with zero attached hydrogens (tertiary/aromatic N) is 1. The summed E-state index contributed by atoms with van der Waals surface area (Å²) in [6.45, 7) is 8.31. The van der Waals surface area contributed by atoms with E-state index in [0.717, 1.165) is 32.5 Å². The van der Waals surface area contributed by atoms with E-state index in [4.69, 9.17) is 0 Å². The van der Waals surface area contributed by atoms with Gasteiger partial charge in [0.1, 0.15) is 0 Å². The molecule has 1 saturated heterocycles. The van der Waals surface area contributed by atoms with Crippen LogP contribution in [-0.2, 0) is 4.79 Å². The van der Waals surface area contributed by atoms with Crippen molar-refractivity contribution < 1.29 is 4.79 Å². The van der Waals surface area contributed by atoms with E-state index in [-0.39, 0.29) is 5.54 Å². The van der Waals surface area contributed by atoms with Gasteiger partial charge in [0.15, 0.2) is 0 Å². The first-order chi connectivity index (χ1) is 6.43. The third-order valence-electron chi connectivity index (χ3n) is 3.19. The molecule has 80 valence electrons. The van der Waals surface area contributed by atoms with Crippen LogP contribution in [0.15, 0.2) is 0 Å². The Morgan fingerprint density at radius 3 is 2.50 bits per heavy atom. The molecule has 1 saturated carbocycles. The normalized spacial score (nSPS) is 24.8. The van der Waals surface area contributed by atoms with Crippen molar-refractivity contribution >= 4 is 5.91 Å². The lowest BCUT2D eigenvalue weighted by Gasteiger charge is -2.22. The van der Waals surface area contributed by atoms with Crippen LogP contribution < -0.4 is 5.32 Å². The molecule has 1 aliphatic carbocycles. The molecule has 1 amide bonds. The Hall–Kier alpha value is -0.570. The first-order valence-electron chi connectivity index (χ1n) is 5.47. The van der Waals surface area contributed by atoms with Gasteiger partial charge in [-0.05, 0) is 24.7 Å². The van der Waals surface area contributed by atoms with Gasteiger partial charge in [-0.15, -0.1) is 0 Å². The molecule has 14 heavy (non-hydrogen) atoms. The summed E-state index contributed by atoms with van der Waals surface area (Å²) < 4.78 is 0. The Kier molecular flexibility index (Phi) is 2.11. The van der Waals surface area contributed by atoms with Crippen LogP contribution in [-0.4, -0.2) is 29.6 Å². The average molecular weight is 196 g/mol. The summed E-state index contributed by atoms with van der Waals surface area (Å²) in [5.41, 5.74) is 0.206. The number of hydrogen-bond acceptors (Lipinski definition) is 2. The van der Waals surface area contributed by atoms with Crippen molar-refractivity contribution in [3.63, 3.8) is 0 Å². The van der Waals surface area contributed by atoms with Crippen LogP contribution in [0.3, 0.4) is 0 Å². The van der Waals surface area contributed by atoms with Crippen molar-refractivity contribution in [3.05, 3.63) is 0 Å². The van der Waals surface area contributed by atoms with E-state index in [9.17, 15) is 4.79 Å². The van der Waals surface area contributed by atoms with Gasteiger partial charge in [0.25, 0.3) is 0 Å². The Morgan fingerprint density at radius 1 is 1.43 bits per heavy atom. The molecule has 3 nitrogen and oxygen atoms in total. The monoisotopic (exact) mass is 196 g/mol. The average Bonchev–Trinajstić information content (AvgIpc) is 2.76. The number of carbonyl (C=O) groups is 1. The molecule has 0 aromatic heterocycles. The Balaban J connectivity index is 1.86. The van der Waals surface area contributed by atoms with E-state index in [0.29, 0.717) is 11.3 Å². The van der Waals surface area contributed by atoms with E-state index in [1.54, 1.807) is 0 Å². The minimum atomic E-state index is -0.113. The lowest BCUT2D eigenvalue weighted by Crippen LogP contribution is -2.33. The maximum atomic E-state index is 11.9. The number of carbonyl (C=O) groups excluding carboxylic acids is 1. The molecular weight excluding hydrogens is 176 g/mol. The molecule has 0 unspecified atom stereocenters. The molecule has 1 heterocycles. The molecule has 0 aromatic rings. The third kappa shape index (κ3) is 1.78. The van der Waals surface area contributed by atoms with Gasteiger partial charge < -0.3 is 4.90 Å². The largest absolute Gasteiger partial charge is 0.328 e. The van der Waals surface area contributed by atoms with Crippen LogP contribution in [0, 0.1) is 5.41 Å². The SMILES string of the molecule is CC(C)(C)CCN1CNC2(CC2)C1=O. The number of rotatable bonds is 2. The predicted molar refractivity (Wildman–Crippen MR) is 55.8 cm³/mol. The van der Waals surface area contributed by atoms with Crippen molar-refractivity contribution in [2.24, 2.45) is 5.41 Å². The van der Waals surface area contributed by atoms with Crippen LogP contribution in [0.2, 0.25) is 0 Å². The molecule has 0 aromatic carbocycles. The summed E-state index contributed by atoms with van der Waals surface area (Å²) in [6.07, 6.45) is 3.16. The Labute approximate surface area is 85.8 Å². The third-order valence-corrected chi connectivity index (χ3v) is 3.19. The van der Waals surface area contributed by atoms with Crippen LogP contribution >= 0.6 is 0 Å². The molecule has 1 N–H and O–H groups in total. The quantitative estimate of drug-likeness (QED) is 0.723. The molecule has 2 fully saturated rings. The Bertz CT molecular complexity index is 251. The van der Waals surface area contributed by atoms with Gasteiger partial charge >= 0.3 is 0 Å². The molecule has 1 aliphatic heterocycles. The van der Waals surface area contributed by atoms with E-state index in [1.807, 2.05) is 4.90 Å². The molecule has 0 bridgehead atoms. The van der Waals surface area contributed by atoms with Crippen LogP contribution in [0.4, 0.5) is 0 Å². The van der Waals surface area contributed by atoms with Crippen molar-refractivity contribution in [2.45, 2.75) is 45.6 Å². The van der Waals surface area contributed by atoms with Gasteiger partial charge in [0, 0.05) is 6.54 Å². The van der Waals surface area contributed by atoms with E-state index in [2.05, 4.69) is 26.1 Å².